The Morgan fingerprint density at radius 1 is 1.09 bits per heavy atom. The van der Waals surface area contributed by atoms with Gasteiger partial charge in [0.15, 0.2) is 0 Å². The number of likely N-dealkylation sites (tertiary alicyclic amines) is 1. The molecule has 3 heterocycles. The number of carbonyl (C=O) groups excluding carboxylic acids is 2. The molecule has 0 saturated carbocycles. The molecule has 2 aliphatic rings. The van der Waals surface area contributed by atoms with Gasteiger partial charge in [0.1, 0.15) is 0 Å². The first-order chi connectivity index (χ1) is 15.4. The molecule has 170 valence electrons. The summed E-state index contributed by atoms with van der Waals surface area (Å²) in [4.78, 5) is 33.6. The minimum atomic E-state index is -0.276. The van der Waals surface area contributed by atoms with E-state index in [1.807, 2.05) is 49.2 Å². The number of nitrogens with zero attached hydrogens (tertiary/aromatic N) is 3. The monoisotopic (exact) mass is 434 g/mol. The predicted molar refractivity (Wildman–Crippen MR) is 128 cm³/mol. The maximum Gasteiger partial charge on any atom is 0.231 e. The van der Waals surface area contributed by atoms with Gasteiger partial charge in [0.2, 0.25) is 11.8 Å². The second-order valence-corrected chi connectivity index (χ2v) is 9.73. The van der Waals surface area contributed by atoms with Crippen molar-refractivity contribution < 1.29 is 9.59 Å². The average molecular weight is 435 g/mol. The molecule has 0 aliphatic carbocycles. The van der Waals surface area contributed by atoms with Crippen molar-refractivity contribution in [3.8, 4) is 0 Å². The summed E-state index contributed by atoms with van der Waals surface area (Å²) in [5.41, 5.74) is 2.92. The lowest BCUT2D eigenvalue weighted by Gasteiger charge is -2.39. The molecule has 1 aromatic heterocycles. The van der Waals surface area contributed by atoms with Crippen LogP contribution in [0.4, 0.5) is 11.4 Å². The maximum absolute atomic E-state index is 12.7. The van der Waals surface area contributed by atoms with Gasteiger partial charge in [-0.05, 0) is 55.0 Å². The first kappa shape index (κ1) is 22.3. The van der Waals surface area contributed by atoms with Crippen molar-refractivity contribution in [1.29, 1.82) is 0 Å². The zero-order valence-electron chi connectivity index (χ0n) is 19.4. The van der Waals surface area contributed by atoms with Crippen LogP contribution < -0.4 is 10.2 Å². The van der Waals surface area contributed by atoms with Crippen molar-refractivity contribution in [2.75, 3.05) is 36.4 Å². The number of piperidine rings is 1. The van der Waals surface area contributed by atoms with Gasteiger partial charge in [-0.1, -0.05) is 32.9 Å². The van der Waals surface area contributed by atoms with E-state index in [9.17, 15) is 9.59 Å². The van der Waals surface area contributed by atoms with Crippen LogP contribution in [0.2, 0.25) is 0 Å². The fourth-order valence-corrected chi connectivity index (χ4v) is 4.47. The van der Waals surface area contributed by atoms with Gasteiger partial charge in [0.05, 0.1) is 17.8 Å². The first-order valence-corrected chi connectivity index (χ1v) is 11.7. The van der Waals surface area contributed by atoms with Crippen LogP contribution in [0, 0.1) is 11.3 Å². The number of benzene rings is 1. The number of aromatic nitrogens is 1. The van der Waals surface area contributed by atoms with E-state index in [2.05, 4.69) is 34.3 Å². The topological polar surface area (TPSA) is 65.5 Å². The van der Waals surface area contributed by atoms with E-state index in [1.165, 1.54) is 5.56 Å². The molecule has 2 amide bonds. The van der Waals surface area contributed by atoms with Crippen LogP contribution >= 0.6 is 0 Å². The first-order valence-electron chi connectivity index (χ1n) is 11.7. The molecule has 2 fully saturated rings. The summed E-state index contributed by atoms with van der Waals surface area (Å²) < 4.78 is 0. The molecule has 1 aromatic carbocycles. The molecule has 6 nitrogen and oxygen atoms in total. The van der Waals surface area contributed by atoms with Gasteiger partial charge in [-0.25, -0.2) is 0 Å². The molecule has 2 saturated heterocycles. The Morgan fingerprint density at radius 3 is 2.38 bits per heavy atom. The van der Waals surface area contributed by atoms with Crippen molar-refractivity contribution in [2.45, 2.75) is 46.0 Å². The summed E-state index contributed by atoms with van der Waals surface area (Å²) in [5.74, 6) is 0.815. The van der Waals surface area contributed by atoms with Gasteiger partial charge in [-0.3, -0.25) is 14.6 Å². The molecule has 4 rings (SSSR count). The lowest BCUT2D eigenvalue weighted by molar-refractivity contribution is -0.141. The summed E-state index contributed by atoms with van der Waals surface area (Å²) in [6.45, 7) is 9.24. The number of carbonyl (C=O) groups is 2. The number of hydrogen-bond acceptors (Lipinski definition) is 4. The number of pyridine rings is 1. The molecule has 1 N–H and O–H groups in total. The summed E-state index contributed by atoms with van der Waals surface area (Å²) in [5, 5.41) is 3.06. The third kappa shape index (κ3) is 4.79. The van der Waals surface area contributed by atoms with Gasteiger partial charge in [-0.15, -0.1) is 0 Å². The highest BCUT2D eigenvalue weighted by molar-refractivity contribution is 5.94. The van der Waals surface area contributed by atoms with E-state index in [1.54, 1.807) is 6.20 Å². The summed E-state index contributed by atoms with van der Waals surface area (Å²) in [6.07, 6.45) is 6.43. The smallest absolute Gasteiger partial charge is 0.231 e. The Morgan fingerprint density at radius 2 is 1.78 bits per heavy atom. The largest absolute Gasteiger partial charge is 0.369 e. The van der Waals surface area contributed by atoms with E-state index in [0.29, 0.717) is 5.92 Å². The van der Waals surface area contributed by atoms with E-state index >= 15 is 0 Å². The number of rotatable bonds is 6. The van der Waals surface area contributed by atoms with Crippen LogP contribution in [-0.4, -0.2) is 47.9 Å². The highest BCUT2D eigenvalue weighted by Crippen LogP contribution is 2.32. The average Bonchev–Trinajstić information content (AvgIpc) is 2.79. The molecule has 0 radical (unpaired) electrons. The predicted octanol–water partition coefficient (Wildman–Crippen LogP) is 4.30. The van der Waals surface area contributed by atoms with Crippen molar-refractivity contribution in [3.63, 3.8) is 0 Å². The molecule has 0 bridgehead atoms. The third-order valence-corrected chi connectivity index (χ3v) is 7.16. The molecule has 0 spiro atoms. The standard InChI is InChI=1S/C26H34N4O2/c1-4-26(2,3)25(32)29-14-11-20(12-15-29)19-7-9-22(10-8-19)28-24(31)21-17-30(18-21)23-6-5-13-27-16-23/h5-10,13,16,20-21H,4,11-12,14-15,17-18H2,1-3H3,(H,28,31). The van der Waals surface area contributed by atoms with E-state index in [4.69, 9.17) is 0 Å². The molecule has 32 heavy (non-hydrogen) atoms. The molecule has 2 aliphatic heterocycles. The fourth-order valence-electron chi connectivity index (χ4n) is 4.47. The Balaban J connectivity index is 1.25. The van der Waals surface area contributed by atoms with Crippen molar-refractivity contribution in [3.05, 3.63) is 54.4 Å². The fraction of sp³-hybridized carbons (Fsp3) is 0.500. The Kier molecular flexibility index (Phi) is 6.49. The van der Waals surface area contributed by atoms with E-state index < -0.39 is 0 Å². The van der Waals surface area contributed by atoms with Crippen LogP contribution in [-0.2, 0) is 9.59 Å². The molecular weight excluding hydrogens is 400 g/mol. The maximum atomic E-state index is 12.7. The number of anilines is 2. The number of nitrogens with one attached hydrogen (secondary N) is 1. The SMILES string of the molecule is CCC(C)(C)C(=O)N1CCC(c2ccc(NC(=O)C3CN(c4cccnc4)C3)cc2)CC1. The Bertz CT molecular complexity index is 928. The van der Waals surface area contributed by atoms with Gasteiger partial charge in [-0.2, -0.15) is 0 Å². The second kappa shape index (κ2) is 9.31. The minimum absolute atomic E-state index is 0.00381. The van der Waals surface area contributed by atoms with Crippen LogP contribution in [0.5, 0.6) is 0 Å². The zero-order valence-corrected chi connectivity index (χ0v) is 19.4. The second-order valence-electron chi connectivity index (χ2n) is 9.73. The van der Waals surface area contributed by atoms with Gasteiger partial charge in [0.25, 0.3) is 0 Å². The highest BCUT2D eigenvalue weighted by Gasteiger charge is 2.34. The van der Waals surface area contributed by atoms with Crippen molar-refractivity contribution in [1.82, 2.24) is 9.88 Å². The molecule has 0 unspecified atom stereocenters. The van der Waals surface area contributed by atoms with Crippen LogP contribution in [0.3, 0.4) is 0 Å². The summed E-state index contributed by atoms with van der Waals surface area (Å²) in [7, 11) is 0. The third-order valence-electron chi connectivity index (χ3n) is 7.16. The summed E-state index contributed by atoms with van der Waals surface area (Å²) in [6, 6.07) is 12.2. The van der Waals surface area contributed by atoms with Gasteiger partial charge < -0.3 is 15.1 Å². The van der Waals surface area contributed by atoms with Crippen LogP contribution in [0.25, 0.3) is 0 Å². The molecule has 0 atom stereocenters. The Hall–Kier alpha value is -2.89. The van der Waals surface area contributed by atoms with Crippen molar-refractivity contribution in [2.24, 2.45) is 11.3 Å². The minimum Gasteiger partial charge on any atom is -0.369 e. The van der Waals surface area contributed by atoms with Crippen molar-refractivity contribution >= 4 is 23.2 Å². The summed E-state index contributed by atoms with van der Waals surface area (Å²) >= 11 is 0. The zero-order chi connectivity index (χ0) is 22.7. The normalized spacial score (nSPS) is 17.7. The number of amides is 2. The van der Waals surface area contributed by atoms with Crippen LogP contribution in [0.1, 0.15) is 51.5 Å². The van der Waals surface area contributed by atoms with E-state index in [0.717, 1.165) is 56.8 Å². The molecular formula is C26H34N4O2. The van der Waals surface area contributed by atoms with Crippen LogP contribution in [0.15, 0.2) is 48.8 Å². The van der Waals surface area contributed by atoms with E-state index in [-0.39, 0.29) is 23.1 Å². The number of hydrogen-bond donors (Lipinski definition) is 1. The molecule has 2 aromatic rings. The highest BCUT2D eigenvalue weighted by atomic mass is 16.2. The van der Waals surface area contributed by atoms with Gasteiger partial charge >= 0.3 is 0 Å². The quantitative estimate of drug-likeness (QED) is 0.736. The lowest BCUT2D eigenvalue weighted by Crippen LogP contribution is -2.52. The lowest BCUT2D eigenvalue weighted by atomic mass is 9.85. The molecule has 6 heteroatoms. The van der Waals surface area contributed by atoms with Gasteiger partial charge in [0, 0.05) is 43.5 Å². The Labute approximate surface area is 191 Å².